The molecule has 0 aliphatic carbocycles. The molecule has 0 amide bonds. The predicted molar refractivity (Wildman–Crippen MR) is 78.0 cm³/mol. The van der Waals surface area contributed by atoms with Crippen molar-refractivity contribution >= 4 is 34.1 Å². The summed E-state index contributed by atoms with van der Waals surface area (Å²) in [7, 11) is 2.01. The van der Waals surface area contributed by atoms with E-state index in [1.54, 1.807) is 11.3 Å². The Morgan fingerprint density at radius 3 is 2.78 bits per heavy atom. The average Bonchev–Trinajstić information content (AvgIpc) is 2.96. The maximum Gasteiger partial charge on any atom is 0.186 e. The van der Waals surface area contributed by atoms with E-state index in [0.29, 0.717) is 0 Å². The lowest BCUT2D eigenvalue weighted by atomic mass is 10.1. The molecule has 0 atom stereocenters. The topological polar surface area (TPSA) is 33.2 Å². The van der Waals surface area contributed by atoms with Crippen LogP contribution in [0.3, 0.4) is 0 Å². The zero-order valence-corrected chi connectivity index (χ0v) is 12.3. The number of thiophene rings is 1. The number of thiazole rings is 1. The van der Waals surface area contributed by atoms with Gasteiger partial charge in [-0.1, -0.05) is 31.3 Å². The van der Waals surface area contributed by atoms with Gasteiger partial charge in [0.15, 0.2) is 11.4 Å². The van der Waals surface area contributed by atoms with Crippen LogP contribution in [-0.4, -0.2) is 18.3 Å². The van der Waals surface area contributed by atoms with E-state index in [4.69, 9.17) is 0 Å². The van der Waals surface area contributed by atoms with Gasteiger partial charge in [-0.2, -0.15) is 0 Å². The van der Waals surface area contributed by atoms with Crippen molar-refractivity contribution in [2.24, 2.45) is 0 Å². The summed E-state index contributed by atoms with van der Waals surface area (Å²) in [5.41, 5.74) is 0.906. The zero-order valence-electron chi connectivity index (χ0n) is 10.7. The van der Waals surface area contributed by atoms with Gasteiger partial charge >= 0.3 is 0 Å². The molecule has 5 heteroatoms. The van der Waals surface area contributed by atoms with E-state index in [9.17, 15) is 4.79 Å². The summed E-state index contributed by atoms with van der Waals surface area (Å²) in [6.45, 7) is 4.96. The Bertz CT molecular complexity index is 517. The molecule has 0 N–H and O–H groups in total. The molecule has 0 unspecified atom stereocenters. The molecular formula is C13H16N2OS2. The number of aromatic nitrogens is 1. The third-order valence-electron chi connectivity index (χ3n) is 2.62. The molecule has 3 nitrogen and oxygen atoms in total. The molecule has 2 rings (SSSR count). The highest BCUT2D eigenvalue weighted by atomic mass is 32.1. The van der Waals surface area contributed by atoms with E-state index in [-0.39, 0.29) is 5.92 Å². The number of aldehydes is 1. The maximum atomic E-state index is 11.0. The summed E-state index contributed by atoms with van der Waals surface area (Å²) in [6.07, 6.45) is 0.912. The molecule has 0 aliphatic heterocycles. The van der Waals surface area contributed by atoms with Crippen LogP contribution in [0.15, 0.2) is 17.5 Å². The summed E-state index contributed by atoms with van der Waals surface area (Å²) in [5.74, 6) is 0.283. The Morgan fingerprint density at radius 1 is 1.50 bits per heavy atom. The third kappa shape index (κ3) is 2.79. The number of carbonyl (C=O) groups is 1. The quantitative estimate of drug-likeness (QED) is 0.782. The first kappa shape index (κ1) is 13.2. The van der Waals surface area contributed by atoms with E-state index < -0.39 is 0 Å². The molecule has 0 bridgehead atoms. The Kier molecular flexibility index (Phi) is 4.14. The molecule has 2 aromatic heterocycles. The largest absolute Gasteiger partial charge is 0.346 e. The molecular weight excluding hydrogens is 264 g/mol. The summed E-state index contributed by atoms with van der Waals surface area (Å²) in [4.78, 5) is 19.8. The molecule has 2 aromatic rings. The van der Waals surface area contributed by atoms with Gasteiger partial charge in [0.2, 0.25) is 0 Å². The van der Waals surface area contributed by atoms with Gasteiger partial charge in [-0.3, -0.25) is 4.79 Å². The normalized spacial score (nSPS) is 10.9. The number of hydrogen-bond acceptors (Lipinski definition) is 5. The van der Waals surface area contributed by atoms with Crippen molar-refractivity contribution in [3.05, 3.63) is 33.0 Å². The second-order valence-electron chi connectivity index (χ2n) is 4.45. The van der Waals surface area contributed by atoms with Crippen molar-refractivity contribution in [1.82, 2.24) is 4.98 Å². The van der Waals surface area contributed by atoms with Gasteiger partial charge in [0.05, 0.1) is 17.1 Å². The summed E-state index contributed by atoms with van der Waals surface area (Å²) in [5, 5.41) is 2.98. The fraction of sp³-hybridized carbons (Fsp3) is 0.385. The predicted octanol–water partition coefficient (Wildman–Crippen LogP) is 3.78. The van der Waals surface area contributed by atoms with Crippen LogP contribution in [-0.2, 0) is 6.54 Å². The average molecular weight is 280 g/mol. The SMILES string of the molecule is CC(C)c1nc(N(C)Cc2cccs2)sc1C=O. The fourth-order valence-corrected chi connectivity index (χ4v) is 3.45. The smallest absolute Gasteiger partial charge is 0.186 e. The molecule has 0 saturated heterocycles. The van der Waals surface area contributed by atoms with Crippen LogP contribution in [0, 0.1) is 0 Å². The van der Waals surface area contributed by atoms with Gasteiger partial charge in [0.25, 0.3) is 0 Å². The van der Waals surface area contributed by atoms with Gasteiger partial charge in [0.1, 0.15) is 0 Å². The molecule has 18 heavy (non-hydrogen) atoms. The molecule has 96 valence electrons. The third-order valence-corrected chi connectivity index (χ3v) is 4.60. The highest BCUT2D eigenvalue weighted by Crippen LogP contribution is 2.30. The van der Waals surface area contributed by atoms with Gasteiger partial charge < -0.3 is 4.90 Å². The van der Waals surface area contributed by atoms with E-state index in [1.807, 2.05) is 13.1 Å². The molecule has 0 radical (unpaired) electrons. The molecule has 0 aromatic carbocycles. The molecule has 2 heterocycles. The van der Waals surface area contributed by atoms with Crippen LogP contribution >= 0.6 is 22.7 Å². The zero-order chi connectivity index (χ0) is 13.1. The lowest BCUT2D eigenvalue weighted by Gasteiger charge is -2.14. The lowest BCUT2D eigenvalue weighted by Crippen LogP contribution is -2.15. The van der Waals surface area contributed by atoms with Crippen LogP contribution < -0.4 is 4.90 Å². The minimum absolute atomic E-state index is 0.283. The van der Waals surface area contributed by atoms with Crippen molar-refractivity contribution in [2.45, 2.75) is 26.3 Å². The molecule has 0 fully saturated rings. The van der Waals surface area contributed by atoms with Crippen molar-refractivity contribution in [3.8, 4) is 0 Å². The first-order valence-electron chi connectivity index (χ1n) is 5.81. The Balaban J connectivity index is 2.20. The Labute approximate surface area is 115 Å². The minimum Gasteiger partial charge on any atom is -0.346 e. The maximum absolute atomic E-state index is 11.0. The molecule has 0 aliphatic rings. The lowest BCUT2D eigenvalue weighted by molar-refractivity contribution is 0.112. The highest BCUT2D eigenvalue weighted by Gasteiger charge is 2.16. The van der Waals surface area contributed by atoms with Crippen LogP contribution in [0.5, 0.6) is 0 Å². The second kappa shape index (κ2) is 5.63. The van der Waals surface area contributed by atoms with Gasteiger partial charge in [0, 0.05) is 11.9 Å². The van der Waals surface area contributed by atoms with E-state index in [1.165, 1.54) is 16.2 Å². The standard InChI is InChI=1S/C13H16N2OS2/c1-9(2)12-11(8-16)18-13(14-12)15(3)7-10-5-4-6-17-10/h4-6,8-9H,7H2,1-3H3. The number of nitrogens with zero attached hydrogens (tertiary/aromatic N) is 2. The minimum atomic E-state index is 0.283. The van der Waals surface area contributed by atoms with Crippen LogP contribution in [0.1, 0.15) is 40.0 Å². The van der Waals surface area contributed by atoms with E-state index in [0.717, 1.165) is 28.5 Å². The van der Waals surface area contributed by atoms with Crippen molar-refractivity contribution in [2.75, 3.05) is 11.9 Å². The van der Waals surface area contributed by atoms with Crippen LogP contribution in [0.2, 0.25) is 0 Å². The van der Waals surface area contributed by atoms with Gasteiger partial charge in [-0.15, -0.1) is 11.3 Å². The Morgan fingerprint density at radius 2 is 2.28 bits per heavy atom. The Hall–Kier alpha value is -1.20. The monoisotopic (exact) mass is 280 g/mol. The summed E-state index contributed by atoms with van der Waals surface area (Å²) >= 11 is 3.20. The first-order chi connectivity index (χ1) is 8.61. The van der Waals surface area contributed by atoms with Crippen molar-refractivity contribution < 1.29 is 4.79 Å². The highest BCUT2D eigenvalue weighted by molar-refractivity contribution is 7.17. The van der Waals surface area contributed by atoms with Gasteiger partial charge in [-0.05, 0) is 17.4 Å². The number of carbonyl (C=O) groups excluding carboxylic acids is 1. The van der Waals surface area contributed by atoms with Gasteiger partial charge in [-0.25, -0.2) is 4.98 Å². The number of rotatable bonds is 5. The van der Waals surface area contributed by atoms with E-state index in [2.05, 4.69) is 35.2 Å². The number of anilines is 1. The van der Waals surface area contributed by atoms with Crippen LogP contribution in [0.25, 0.3) is 0 Å². The summed E-state index contributed by atoms with van der Waals surface area (Å²) < 4.78 is 0. The van der Waals surface area contributed by atoms with Crippen LogP contribution in [0.4, 0.5) is 5.13 Å². The summed E-state index contributed by atoms with van der Waals surface area (Å²) in [6, 6.07) is 4.16. The van der Waals surface area contributed by atoms with Crippen molar-refractivity contribution in [1.29, 1.82) is 0 Å². The number of hydrogen-bond donors (Lipinski definition) is 0. The second-order valence-corrected chi connectivity index (χ2v) is 6.50. The molecule has 0 spiro atoms. The van der Waals surface area contributed by atoms with E-state index >= 15 is 0 Å². The molecule has 0 saturated carbocycles. The van der Waals surface area contributed by atoms with Crippen molar-refractivity contribution in [3.63, 3.8) is 0 Å². The fourth-order valence-electron chi connectivity index (χ4n) is 1.70. The first-order valence-corrected chi connectivity index (χ1v) is 7.51.